The van der Waals surface area contributed by atoms with Crippen LogP contribution in [0.1, 0.15) is 42.6 Å². The van der Waals surface area contributed by atoms with Gasteiger partial charge in [-0.3, -0.25) is 0 Å². The molecule has 18 heavy (non-hydrogen) atoms. The fraction of sp³-hybridized carbons (Fsp3) is 0.312. The van der Waals surface area contributed by atoms with Gasteiger partial charge in [-0.2, -0.15) is 5.26 Å². The van der Waals surface area contributed by atoms with Crippen LogP contribution in [0.25, 0.3) is 0 Å². The fourth-order valence-corrected chi connectivity index (χ4v) is 2.19. The van der Waals surface area contributed by atoms with Crippen LogP contribution in [0.3, 0.4) is 0 Å². The Hall–Kier alpha value is -2.01. The van der Waals surface area contributed by atoms with Gasteiger partial charge >= 0.3 is 0 Å². The largest absolute Gasteiger partial charge is 0.469 e. The molecule has 2 nitrogen and oxygen atoms in total. The van der Waals surface area contributed by atoms with E-state index in [1.54, 1.807) is 6.26 Å². The third kappa shape index (κ3) is 2.81. The van der Waals surface area contributed by atoms with Crippen molar-refractivity contribution in [3.8, 4) is 6.07 Å². The molecule has 0 aliphatic rings. The Morgan fingerprint density at radius 1 is 1.22 bits per heavy atom. The summed E-state index contributed by atoms with van der Waals surface area (Å²) in [5.74, 6) is 1.35. The quantitative estimate of drug-likeness (QED) is 0.730. The van der Waals surface area contributed by atoms with Crippen molar-refractivity contribution in [2.45, 2.75) is 32.1 Å². The average Bonchev–Trinajstić information content (AvgIpc) is 2.88. The van der Waals surface area contributed by atoms with Crippen LogP contribution in [0, 0.1) is 11.3 Å². The summed E-state index contributed by atoms with van der Waals surface area (Å²) in [5.41, 5.74) is 2.53. The second-order valence-corrected chi connectivity index (χ2v) is 4.44. The minimum absolute atomic E-state index is 0.335. The molecule has 0 saturated heterocycles. The van der Waals surface area contributed by atoms with Crippen molar-refractivity contribution in [3.63, 3.8) is 0 Å². The molecule has 2 heteroatoms. The number of furan rings is 1. The first-order valence-corrected chi connectivity index (χ1v) is 6.31. The highest BCUT2D eigenvalue weighted by Crippen LogP contribution is 2.28. The average molecular weight is 239 g/mol. The van der Waals surface area contributed by atoms with E-state index in [1.807, 2.05) is 12.1 Å². The van der Waals surface area contributed by atoms with Crippen molar-refractivity contribution in [1.82, 2.24) is 0 Å². The molecule has 2 rings (SSSR count). The summed E-state index contributed by atoms with van der Waals surface area (Å²) in [7, 11) is 0. The van der Waals surface area contributed by atoms with Gasteiger partial charge in [0.05, 0.1) is 12.3 Å². The van der Waals surface area contributed by atoms with Crippen LogP contribution in [-0.4, -0.2) is 0 Å². The first kappa shape index (κ1) is 12.4. The lowest BCUT2D eigenvalue weighted by Crippen LogP contribution is -1.98. The van der Waals surface area contributed by atoms with E-state index in [1.165, 1.54) is 11.1 Å². The molecule has 0 saturated carbocycles. The van der Waals surface area contributed by atoms with Crippen molar-refractivity contribution in [3.05, 3.63) is 59.5 Å². The molecule has 1 aromatic heterocycles. The number of aryl methyl sites for hydroxylation is 1. The molecular weight excluding hydrogens is 222 g/mol. The number of hydrogen-bond acceptors (Lipinski definition) is 2. The van der Waals surface area contributed by atoms with Crippen LogP contribution in [0.2, 0.25) is 0 Å². The third-order valence-corrected chi connectivity index (χ3v) is 3.24. The zero-order valence-electron chi connectivity index (χ0n) is 10.6. The summed E-state index contributed by atoms with van der Waals surface area (Å²) in [5, 5.41) is 8.57. The van der Waals surface area contributed by atoms with E-state index >= 15 is 0 Å². The molecule has 1 atom stereocenters. The van der Waals surface area contributed by atoms with E-state index < -0.39 is 0 Å². The summed E-state index contributed by atoms with van der Waals surface area (Å²) in [4.78, 5) is 0. The molecule has 0 spiro atoms. The normalized spacial score (nSPS) is 12.0. The van der Waals surface area contributed by atoms with E-state index in [9.17, 15) is 0 Å². The predicted molar refractivity (Wildman–Crippen MR) is 71.2 cm³/mol. The van der Waals surface area contributed by atoms with E-state index in [2.05, 4.69) is 37.3 Å². The summed E-state index contributed by atoms with van der Waals surface area (Å²) in [6.45, 7) is 2.19. The molecule has 0 N–H and O–H groups in total. The van der Waals surface area contributed by atoms with Crippen LogP contribution in [-0.2, 0) is 6.42 Å². The highest BCUT2D eigenvalue weighted by Gasteiger charge is 2.14. The maximum absolute atomic E-state index is 8.57. The Morgan fingerprint density at radius 2 is 2.00 bits per heavy atom. The molecule has 0 amide bonds. The van der Waals surface area contributed by atoms with E-state index in [0.717, 1.165) is 18.6 Å². The second-order valence-electron chi connectivity index (χ2n) is 4.44. The molecule has 0 fully saturated rings. The number of unbranched alkanes of at least 4 members (excludes halogenated alkanes) is 1. The monoisotopic (exact) mass is 239 g/mol. The van der Waals surface area contributed by atoms with Gasteiger partial charge in [0.1, 0.15) is 5.76 Å². The third-order valence-electron chi connectivity index (χ3n) is 3.24. The number of hydrogen-bond donors (Lipinski definition) is 0. The molecule has 1 aromatic carbocycles. The molecule has 0 bridgehead atoms. The van der Waals surface area contributed by atoms with Gasteiger partial charge in [0.2, 0.25) is 0 Å². The number of benzene rings is 1. The van der Waals surface area contributed by atoms with Crippen molar-refractivity contribution in [2.75, 3.05) is 0 Å². The number of nitrogens with zero attached hydrogens (tertiary/aromatic N) is 1. The zero-order valence-corrected chi connectivity index (χ0v) is 10.6. The SMILES string of the molecule is CC(c1ccccc1)c1ccoc1CCCC#N. The summed E-state index contributed by atoms with van der Waals surface area (Å²) in [6, 6.07) is 14.6. The smallest absolute Gasteiger partial charge is 0.107 e. The van der Waals surface area contributed by atoms with Crippen LogP contribution < -0.4 is 0 Å². The van der Waals surface area contributed by atoms with Crippen LogP contribution in [0.15, 0.2) is 47.1 Å². The fourth-order valence-electron chi connectivity index (χ4n) is 2.19. The van der Waals surface area contributed by atoms with Gasteiger partial charge < -0.3 is 4.42 Å². The molecular formula is C16H17NO. The van der Waals surface area contributed by atoms with E-state index in [-0.39, 0.29) is 0 Å². The van der Waals surface area contributed by atoms with Crippen molar-refractivity contribution < 1.29 is 4.42 Å². The second kappa shape index (κ2) is 6.07. The lowest BCUT2D eigenvalue weighted by molar-refractivity contribution is 0.497. The Bertz CT molecular complexity index is 522. The van der Waals surface area contributed by atoms with Crippen LogP contribution in [0.5, 0.6) is 0 Å². The Labute approximate surface area is 108 Å². The first-order chi connectivity index (χ1) is 8.83. The summed E-state index contributed by atoms with van der Waals surface area (Å²) in [6.07, 6.45) is 4.03. The van der Waals surface area contributed by atoms with Crippen molar-refractivity contribution in [1.29, 1.82) is 5.26 Å². The number of rotatable bonds is 5. The van der Waals surface area contributed by atoms with E-state index in [4.69, 9.17) is 9.68 Å². The standard InChI is InChI=1S/C16H17NO/c1-13(14-7-3-2-4-8-14)15-10-12-18-16(15)9-5-6-11-17/h2-4,7-8,10,12-13H,5-6,9H2,1H3. The van der Waals surface area contributed by atoms with Crippen LogP contribution >= 0.6 is 0 Å². The lowest BCUT2D eigenvalue weighted by atomic mass is 9.92. The summed E-state index contributed by atoms with van der Waals surface area (Å²) >= 11 is 0. The summed E-state index contributed by atoms with van der Waals surface area (Å²) < 4.78 is 5.54. The Balaban J connectivity index is 2.14. The topological polar surface area (TPSA) is 36.9 Å². The van der Waals surface area contributed by atoms with Gasteiger partial charge in [-0.25, -0.2) is 0 Å². The Morgan fingerprint density at radius 3 is 2.72 bits per heavy atom. The molecule has 1 heterocycles. The minimum Gasteiger partial charge on any atom is -0.469 e. The Kier molecular flexibility index (Phi) is 4.20. The molecule has 0 radical (unpaired) electrons. The molecule has 2 aromatic rings. The van der Waals surface area contributed by atoms with Crippen molar-refractivity contribution in [2.24, 2.45) is 0 Å². The molecule has 0 aliphatic heterocycles. The first-order valence-electron chi connectivity index (χ1n) is 6.31. The highest BCUT2D eigenvalue weighted by atomic mass is 16.3. The van der Waals surface area contributed by atoms with Gasteiger partial charge in [0.25, 0.3) is 0 Å². The maximum Gasteiger partial charge on any atom is 0.107 e. The number of nitriles is 1. The lowest BCUT2D eigenvalue weighted by Gasteiger charge is -2.11. The molecule has 0 aliphatic carbocycles. The maximum atomic E-state index is 8.57. The molecule has 1 unspecified atom stereocenters. The van der Waals surface area contributed by atoms with Gasteiger partial charge in [0.15, 0.2) is 0 Å². The van der Waals surface area contributed by atoms with Crippen LogP contribution in [0.4, 0.5) is 0 Å². The highest BCUT2D eigenvalue weighted by molar-refractivity contribution is 5.33. The van der Waals surface area contributed by atoms with Gasteiger partial charge in [0, 0.05) is 24.3 Å². The van der Waals surface area contributed by atoms with Gasteiger partial charge in [-0.1, -0.05) is 37.3 Å². The van der Waals surface area contributed by atoms with Crippen molar-refractivity contribution >= 4 is 0 Å². The predicted octanol–water partition coefficient (Wildman–Crippen LogP) is 4.28. The minimum atomic E-state index is 0.335. The van der Waals surface area contributed by atoms with Gasteiger partial charge in [-0.05, 0) is 18.1 Å². The van der Waals surface area contributed by atoms with E-state index in [0.29, 0.717) is 12.3 Å². The van der Waals surface area contributed by atoms with Gasteiger partial charge in [-0.15, -0.1) is 0 Å². The molecule has 92 valence electrons. The zero-order chi connectivity index (χ0) is 12.8.